The monoisotopic (exact) mass is 215 g/mol. The van der Waals surface area contributed by atoms with E-state index in [0.717, 1.165) is 5.56 Å². The fourth-order valence-electron chi connectivity index (χ4n) is 1.29. The first-order valence-electron chi connectivity index (χ1n) is 4.36. The van der Waals surface area contributed by atoms with Crippen molar-refractivity contribution in [1.29, 1.82) is 0 Å². The Kier molecular flexibility index (Phi) is 3.61. The summed E-state index contributed by atoms with van der Waals surface area (Å²) in [5.74, 6) is 0.391. The molecule has 0 saturated heterocycles. The van der Waals surface area contributed by atoms with Crippen molar-refractivity contribution in [3.63, 3.8) is 0 Å². The van der Waals surface area contributed by atoms with Gasteiger partial charge in [0.15, 0.2) is 11.5 Å². The van der Waals surface area contributed by atoms with Gasteiger partial charge in [-0.2, -0.15) is 0 Å². The molecule has 1 aromatic carbocycles. The first-order valence-corrected chi connectivity index (χ1v) is 4.74. The van der Waals surface area contributed by atoms with Crippen LogP contribution in [0.3, 0.4) is 0 Å². The number of methoxy groups -OCH3 is 1. The Morgan fingerprint density at radius 3 is 2.71 bits per heavy atom. The number of benzene rings is 1. The van der Waals surface area contributed by atoms with Crippen molar-refractivity contribution in [2.45, 2.75) is 19.4 Å². The minimum absolute atomic E-state index is 0.00761. The Hall–Kier alpha value is -0.930. The van der Waals surface area contributed by atoms with Crippen LogP contribution in [0, 0.1) is 0 Å². The van der Waals surface area contributed by atoms with Gasteiger partial charge in [0, 0.05) is 6.04 Å². The van der Waals surface area contributed by atoms with Crippen LogP contribution in [0.4, 0.5) is 0 Å². The molecule has 0 aliphatic carbocycles. The quantitative estimate of drug-likeness (QED) is 0.810. The normalized spacial score (nSPS) is 12.6. The Labute approximate surface area is 88.4 Å². The smallest absolute Gasteiger partial charge is 0.179 e. The molecule has 1 aromatic rings. The minimum Gasteiger partial charge on any atom is -0.504 e. The zero-order valence-corrected chi connectivity index (χ0v) is 9.01. The van der Waals surface area contributed by atoms with Crippen LogP contribution in [0.1, 0.15) is 12.5 Å². The third-order valence-electron chi connectivity index (χ3n) is 1.91. The second-order valence-electron chi connectivity index (χ2n) is 3.27. The molecule has 4 heteroatoms. The molecule has 0 fully saturated rings. The molecular weight excluding hydrogens is 202 g/mol. The van der Waals surface area contributed by atoms with Gasteiger partial charge in [-0.15, -0.1) is 0 Å². The molecule has 14 heavy (non-hydrogen) atoms. The van der Waals surface area contributed by atoms with E-state index in [9.17, 15) is 5.11 Å². The first kappa shape index (κ1) is 11.1. The maximum absolute atomic E-state index is 9.75. The fraction of sp³-hybridized carbons (Fsp3) is 0.400. The van der Waals surface area contributed by atoms with Crippen LogP contribution in [0.2, 0.25) is 5.02 Å². The molecule has 0 heterocycles. The standard InChI is InChI=1S/C10H14ClNO2/c1-6(12)5-7-3-4-8(11)10(14-2)9(7)13/h3-4,6,13H,5,12H2,1-2H3. The van der Waals surface area contributed by atoms with Crippen LogP contribution >= 0.6 is 11.6 Å². The summed E-state index contributed by atoms with van der Waals surface area (Å²) >= 11 is 5.82. The molecular formula is C10H14ClNO2. The number of aromatic hydroxyl groups is 1. The van der Waals surface area contributed by atoms with Gasteiger partial charge in [-0.05, 0) is 25.0 Å². The topological polar surface area (TPSA) is 55.5 Å². The summed E-state index contributed by atoms with van der Waals surface area (Å²) in [5, 5.41) is 10.2. The molecule has 78 valence electrons. The predicted octanol–water partition coefficient (Wildman–Crippen LogP) is 1.94. The molecule has 0 radical (unpaired) electrons. The van der Waals surface area contributed by atoms with E-state index in [0.29, 0.717) is 17.2 Å². The van der Waals surface area contributed by atoms with Crippen molar-refractivity contribution in [3.05, 3.63) is 22.7 Å². The van der Waals surface area contributed by atoms with E-state index >= 15 is 0 Å². The Bertz CT molecular complexity index is 326. The number of ether oxygens (including phenoxy) is 1. The maximum Gasteiger partial charge on any atom is 0.179 e. The van der Waals surface area contributed by atoms with Crippen molar-refractivity contribution >= 4 is 11.6 Å². The van der Waals surface area contributed by atoms with E-state index in [-0.39, 0.29) is 11.8 Å². The average Bonchev–Trinajstić information content (AvgIpc) is 2.10. The van der Waals surface area contributed by atoms with Gasteiger partial charge in [-0.25, -0.2) is 0 Å². The average molecular weight is 216 g/mol. The van der Waals surface area contributed by atoms with Gasteiger partial charge < -0.3 is 15.6 Å². The molecule has 3 N–H and O–H groups in total. The number of halogens is 1. The maximum atomic E-state index is 9.75. The van der Waals surface area contributed by atoms with Gasteiger partial charge in [0.05, 0.1) is 12.1 Å². The lowest BCUT2D eigenvalue weighted by atomic mass is 10.1. The summed E-state index contributed by atoms with van der Waals surface area (Å²) < 4.78 is 4.98. The lowest BCUT2D eigenvalue weighted by Gasteiger charge is -2.11. The van der Waals surface area contributed by atoms with Gasteiger partial charge in [-0.1, -0.05) is 17.7 Å². The largest absolute Gasteiger partial charge is 0.504 e. The van der Waals surface area contributed by atoms with Gasteiger partial charge in [0.2, 0.25) is 0 Å². The molecule has 0 aliphatic heterocycles. The molecule has 0 aromatic heterocycles. The van der Waals surface area contributed by atoms with Crippen LogP contribution in [-0.2, 0) is 6.42 Å². The summed E-state index contributed by atoms with van der Waals surface area (Å²) in [7, 11) is 1.47. The molecule has 0 aliphatic rings. The Morgan fingerprint density at radius 2 is 2.21 bits per heavy atom. The summed E-state index contributed by atoms with van der Waals surface area (Å²) in [5.41, 5.74) is 6.39. The number of hydrogen-bond donors (Lipinski definition) is 2. The minimum atomic E-state index is -0.00761. The van der Waals surface area contributed by atoms with E-state index in [4.69, 9.17) is 22.1 Å². The van der Waals surface area contributed by atoms with Crippen LogP contribution in [-0.4, -0.2) is 18.3 Å². The Morgan fingerprint density at radius 1 is 1.57 bits per heavy atom. The van der Waals surface area contributed by atoms with Crippen molar-refractivity contribution < 1.29 is 9.84 Å². The number of rotatable bonds is 3. The molecule has 0 amide bonds. The van der Waals surface area contributed by atoms with E-state index in [1.165, 1.54) is 7.11 Å². The molecule has 1 unspecified atom stereocenters. The van der Waals surface area contributed by atoms with Crippen LogP contribution < -0.4 is 10.5 Å². The summed E-state index contributed by atoms with van der Waals surface area (Å²) in [6.45, 7) is 1.88. The summed E-state index contributed by atoms with van der Waals surface area (Å²) in [6, 6.07) is 3.44. The second kappa shape index (κ2) is 4.53. The van der Waals surface area contributed by atoms with Gasteiger partial charge in [-0.3, -0.25) is 0 Å². The summed E-state index contributed by atoms with van der Waals surface area (Å²) in [6.07, 6.45) is 0.597. The van der Waals surface area contributed by atoms with Crippen molar-refractivity contribution in [1.82, 2.24) is 0 Å². The van der Waals surface area contributed by atoms with E-state index in [1.54, 1.807) is 12.1 Å². The lowest BCUT2D eigenvalue weighted by Crippen LogP contribution is -2.17. The van der Waals surface area contributed by atoms with Crippen molar-refractivity contribution in [2.24, 2.45) is 5.73 Å². The highest BCUT2D eigenvalue weighted by molar-refractivity contribution is 6.32. The highest BCUT2D eigenvalue weighted by Gasteiger charge is 2.12. The number of nitrogens with two attached hydrogens (primary N) is 1. The van der Waals surface area contributed by atoms with Crippen LogP contribution in [0.15, 0.2) is 12.1 Å². The van der Waals surface area contributed by atoms with Gasteiger partial charge in [0.1, 0.15) is 0 Å². The van der Waals surface area contributed by atoms with Crippen LogP contribution in [0.25, 0.3) is 0 Å². The molecule has 0 saturated carbocycles. The zero-order valence-electron chi connectivity index (χ0n) is 8.25. The molecule has 1 atom stereocenters. The number of phenolic OH excluding ortho intramolecular Hbond substituents is 1. The van der Waals surface area contributed by atoms with E-state index < -0.39 is 0 Å². The molecule has 0 bridgehead atoms. The summed E-state index contributed by atoms with van der Waals surface area (Å²) in [4.78, 5) is 0. The fourth-order valence-corrected chi connectivity index (χ4v) is 1.52. The highest BCUT2D eigenvalue weighted by atomic mass is 35.5. The van der Waals surface area contributed by atoms with E-state index in [2.05, 4.69) is 0 Å². The predicted molar refractivity (Wildman–Crippen MR) is 57.0 cm³/mol. The lowest BCUT2D eigenvalue weighted by molar-refractivity contribution is 0.370. The molecule has 0 spiro atoms. The number of phenols is 1. The molecule has 1 rings (SSSR count). The van der Waals surface area contributed by atoms with Crippen LogP contribution in [0.5, 0.6) is 11.5 Å². The molecule has 3 nitrogen and oxygen atoms in total. The second-order valence-corrected chi connectivity index (χ2v) is 3.68. The van der Waals surface area contributed by atoms with E-state index in [1.807, 2.05) is 6.92 Å². The first-order chi connectivity index (χ1) is 6.56. The van der Waals surface area contributed by atoms with Gasteiger partial charge in [0.25, 0.3) is 0 Å². The Balaban J connectivity index is 3.08. The zero-order chi connectivity index (χ0) is 10.7. The van der Waals surface area contributed by atoms with Crippen molar-refractivity contribution in [3.8, 4) is 11.5 Å². The SMILES string of the molecule is COc1c(Cl)ccc(CC(C)N)c1O. The number of hydrogen-bond acceptors (Lipinski definition) is 3. The third-order valence-corrected chi connectivity index (χ3v) is 2.21. The van der Waals surface area contributed by atoms with Gasteiger partial charge >= 0.3 is 0 Å². The third kappa shape index (κ3) is 2.30. The van der Waals surface area contributed by atoms with Crippen molar-refractivity contribution in [2.75, 3.05) is 7.11 Å². The highest BCUT2D eigenvalue weighted by Crippen LogP contribution is 2.37.